The normalized spacial score (nSPS) is 21.3. The molecule has 0 saturated carbocycles. The molecule has 0 fully saturated rings. The lowest BCUT2D eigenvalue weighted by molar-refractivity contribution is -0.116. The molecule has 1 aliphatic heterocycles. The van der Waals surface area contributed by atoms with Crippen LogP contribution in [0.15, 0.2) is 66.1 Å². The van der Waals surface area contributed by atoms with Crippen molar-refractivity contribution < 1.29 is 9.53 Å². The molecule has 0 bridgehead atoms. The van der Waals surface area contributed by atoms with Crippen molar-refractivity contribution >= 4 is 16.6 Å². The van der Waals surface area contributed by atoms with Gasteiger partial charge in [0.2, 0.25) is 0 Å². The molecule has 2 aromatic rings. The van der Waals surface area contributed by atoms with Crippen molar-refractivity contribution in [3.63, 3.8) is 0 Å². The van der Waals surface area contributed by atoms with Gasteiger partial charge in [-0.15, -0.1) is 0 Å². The fourth-order valence-corrected chi connectivity index (χ4v) is 3.28. The second-order valence-corrected chi connectivity index (χ2v) is 5.64. The molecule has 0 N–H and O–H groups in total. The third-order valence-corrected chi connectivity index (χ3v) is 4.33. The van der Waals surface area contributed by atoms with Gasteiger partial charge in [-0.05, 0) is 28.8 Å². The van der Waals surface area contributed by atoms with E-state index in [1.54, 1.807) is 6.26 Å². The highest BCUT2D eigenvalue weighted by molar-refractivity contribution is 5.99. The Morgan fingerprint density at radius 1 is 1.00 bits per heavy atom. The molecular formula is C19H16O2. The molecule has 2 nitrogen and oxygen atoms in total. The van der Waals surface area contributed by atoms with Gasteiger partial charge in [0.05, 0.1) is 6.26 Å². The topological polar surface area (TPSA) is 26.3 Å². The van der Waals surface area contributed by atoms with Crippen molar-refractivity contribution in [2.75, 3.05) is 0 Å². The van der Waals surface area contributed by atoms with Crippen molar-refractivity contribution in [2.24, 2.45) is 0 Å². The second-order valence-electron chi connectivity index (χ2n) is 5.64. The first kappa shape index (κ1) is 12.4. The van der Waals surface area contributed by atoms with Crippen LogP contribution >= 0.6 is 0 Å². The maximum Gasteiger partial charge on any atom is 0.163 e. The Morgan fingerprint density at radius 3 is 2.76 bits per heavy atom. The monoisotopic (exact) mass is 276 g/mol. The largest absolute Gasteiger partial charge is 0.469 e. The lowest BCUT2D eigenvalue weighted by Crippen LogP contribution is -2.20. The molecule has 104 valence electrons. The number of hydrogen-bond acceptors (Lipinski definition) is 2. The van der Waals surface area contributed by atoms with Crippen LogP contribution in [-0.4, -0.2) is 5.78 Å². The van der Waals surface area contributed by atoms with Crippen LogP contribution < -0.4 is 0 Å². The molecule has 2 heteroatoms. The fraction of sp³-hybridized carbons (Fsp3) is 0.211. The predicted molar refractivity (Wildman–Crippen MR) is 82.8 cm³/mol. The minimum Gasteiger partial charge on any atom is -0.469 e. The van der Waals surface area contributed by atoms with Crippen molar-refractivity contribution in [1.82, 2.24) is 0 Å². The van der Waals surface area contributed by atoms with E-state index in [9.17, 15) is 4.79 Å². The number of carbonyl (C=O) groups is 1. The first-order valence-electron chi connectivity index (χ1n) is 7.41. The zero-order valence-corrected chi connectivity index (χ0v) is 11.7. The maximum atomic E-state index is 12.3. The zero-order valence-electron chi connectivity index (χ0n) is 11.7. The minimum absolute atomic E-state index is 0.0335. The van der Waals surface area contributed by atoms with Gasteiger partial charge in [0.25, 0.3) is 0 Å². The van der Waals surface area contributed by atoms with Crippen LogP contribution in [-0.2, 0) is 9.53 Å². The van der Waals surface area contributed by atoms with Gasteiger partial charge in [-0.25, -0.2) is 0 Å². The lowest BCUT2D eigenvalue weighted by atomic mass is 9.81. The standard InChI is InChI=1S/C19H16O2/c20-17-6-3-7-18-19(17)16(10-11-21-18)15-9-8-13-4-1-2-5-14(13)12-15/h1-2,4-5,8-12,16H,3,6-7H2. The Balaban J connectivity index is 1.83. The molecule has 2 aromatic carbocycles. The van der Waals surface area contributed by atoms with Crippen LogP contribution in [0.5, 0.6) is 0 Å². The number of benzene rings is 2. The number of fused-ring (bicyclic) bond motifs is 1. The average Bonchev–Trinajstić information content (AvgIpc) is 2.54. The van der Waals surface area contributed by atoms with Gasteiger partial charge in [0, 0.05) is 24.3 Å². The number of allylic oxidation sites excluding steroid dienone is 3. The van der Waals surface area contributed by atoms with Crippen LogP contribution in [0.25, 0.3) is 10.8 Å². The van der Waals surface area contributed by atoms with Crippen molar-refractivity contribution in [3.05, 3.63) is 71.7 Å². The van der Waals surface area contributed by atoms with E-state index < -0.39 is 0 Å². The summed E-state index contributed by atoms with van der Waals surface area (Å²) < 4.78 is 5.57. The molecule has 0 spiro atoms. The van der Waals surface area contributed by atoms with Gasteiger partial charge in [-0.2, -0.15) is 0 Å². The van der Waals surface area contributed by atoms with E-state index >= 15 is 0 Å². The van der Waals surface area contributed by atoms with Crippen LogP contribution in [0.2, 0.25) is 0 Å². The smallest absolute Gasteiger partial charge is 0.163 e. The highest BCUT2D eigenvalue weighted by atomic mass is 16.5. The quantitative estimate of drug-likeness (QED) is 0.768. The Kier molecular flexibility index (Phi) is 2.88. The van der Waals surface area contributed by atoms with Crippen molar-refractivity contribution in [3.8, 4) is 0 Å². The molecule has 0 radical (unpaired) electrons. The summed E-state index contributed by atoms with van der Waals surface area (Å²) in [5.41, 5.74) is 2.02. The highest BCUT2D eigenvalue weighted by Gasteiger charge is 2.30. The molecule has 1 heterocycles. The van der Waals surface area contributed by atoms with E-state index in [2.05, 4.69) is 30.3 Å². The molecular weight excluding hydrogens is 260 g/mol. The van der Waals surface area contributed by atoms with Gasteiger partial charge in [-0.1, -0.05) is 42.5 Å². The van der Waals surface area contributed by atoms with Gasteiger partial charge in [0.15, 0.2) is 5.78 Å². The molecule has 1 atom stereocenters. The number of Topliss-reactive ketones (excluding diaryl/α,β-unsaturated/α-hetero) is 1. The van der Waals surface area contributed by atoms with Crippen LogP contribution in [0.4, 0.5) is 0 Å². The molecule has 2 aliphatic rings. The number of rotatable bonds is 1. The average molecular weight is 276 g/mol. The summed E-state index contributed by atoms with van der Waals surface area (Å²) in [6, 6.07) is 14.7. The van der Waals surface area contributed by atoms with Gasteiger partial charge in [0.1, 0.15) is 5.76 Å². The number of ketones is 1. The summed E-state index contributed by atoms with van der Waals surface area (Å²) in [6.45, 7) is 0. The SMILES string of the molecule is O=C1CCCC2=C1C(c1ccc3ccccc3c1)C=CO2. The minimum atomic E-state index is 0.0335. The number of carbonyl (C=O) groups excluding carboxylic acids is 1. The van der Waals surface area contributed by atoms with Crippen LogP contribution in [0, 0.1) is 0 Å². The predicted octanol–water partition coefficient (Wildman–Crippen LogP) is 4.47. The summed E-state index contributed by atoms with van der Waals surface area (Å²) in [4.78, 5) is 12.3. The van der Waals surface area contributed by atoms with E-state index in [0.29, 0.717) is 6.42 Å². The summed E-state index contributed by atoms with van der Waals surface area (Å²) >= 11 is 0. The Morgan fingerprint density at radius 2 is 1.86 bits per heavy atom. The molecule has 21 heavy (non-hydrogen) atoms. The Bertz CT molecular complexity index is 783. The molecule has 1 aliphatic carbocycles. The summed E-state index contributed by atoms with van der Waals surface area (Å²) in [5, 5.41) is 2.43. The fourth-order valence-electron chi connectivity index (χ4n) is 3.28. The van der Waals surface area contributed by atoms with E-state index in [-0.39, 0.29) is 11.7 Å². The highest BCUT2D eigenvalue weighted by Crippen LogP contribution is 2.38. The second kappa shape index (κ2) is 4.88. The van der Waals surface area contributed by atoms with E-state index in [4.69, 9.17) is 4.74 Å². The summed E-state index contributed by atoms with van der Waals surface area (Å²) in [7, 11) is 0. The summed E-state index contributed by atoms with van der Waals surface area (Å²) in [5.74, 6) is 1.14. The van der Waals surface area contributed by atoms with Crippen LogP contribution in [0.3, 0.4) is 0 Å². The van der Waals surface area contributed by atoms with Crippen molar-refractivity contribution in [2.45, 2.75) is 25.2 Å². The number of hydrogen-bond donors (Lipinski definition) is 0. The third kappa shape index (κ3) is 2.07. The van der Waals surface area contributed by atoms with Crippen LogP contribution in [0.1, 0.15) is 30.7 Å². The van der Waals surface area contributed by atoms with Gasteiger partial charge >= 0.3 is 0 Å². The molecule has 4 rings (SSSR count). The Labute approximate surface area is 123 Å². The van der Waals surface area contributed by atoms with E-state index in [1.807, 2.05) is 18.2 Å². The zero-order chi connectivity index (χ0) is 14.2. The lowest BCUT2D eigenvalue weighted by Gasteiger charge is -2.27. The van der Waals surface area contributed by atoms with Crippen molar-refractivity contribution in [1.29, 1.82) is 0 Å². The molecule has 0 aromatic heterocycles. The molecule has 0 amide bonds. The maximum absolute atomic E-state index is 12.3. The van der Waals surface area contributed by atoms with Gasteiger partial charge < -0.3 is 4.74 Å². The third-order valence-electron chi connectivity index (χ3n) is 4.33. The number of ether oxygens (including phenoxy) is 1. The Hall–Kier alpha value is -2.35. The van der Waals surface area contributed by atoms with E-state index in [1.165, 1.54) is 10.8 Å². The molecule has 1 unspecified atom stereocenters. The first-order chi connectivity index (χ1) is 10.3. The first-order valence-corrected chi connectivity index (χ1v) is 7.41. The van der Waals surface area contributed by atoms with E-state index in [0.717, 1.165) is 29.7 Å². The molecule has 0 saturated heterocycles. The summed E-state index contributed by atoms with van der Waals surface area (Å²) in [6.07, 6.45) is 6.13. The van der Waals surface area contributed by atoms with Gasteiger partial charge in [-0.3, -0.25) is 4.79 Å².